The van der Waals surface area contributed by atoms with Crippen molar-refractivity contribution in [3.05, 3.63) is 0 Å². The molecule has 0 aliphatic carbocycles. The number of hydrogen-bond donors (Lipinski definition) is 1. The van der Waals surface area contributed by atoms with Crippen molar-refractivity contribution in [2.75, 3.05) is 38.8 Å². The third kappa shape index (κ3) is 3.77. The average molecular weight is 218 g/mol. The first kappa shape index (κ1) is 12.3. The molecule has 0 aromatic heterocycles. The molecule has 1 aliphatic rings. The van der Waals surface area contributed by atoms with Crippen LogP contribution < -0.4 is 5.73 Å². The fraction of sp³-hybridized carbons (Fsp3) is 1.00. The molecule has 14 heavy (non-hydrogen) atoms. The first-order valence-corrected chi connectivity index (χ1v) is 6.43. The van der Waals surface area contributed by atoms with E-state index in [9.17, 15) is 0 Å². The van der Waals surface area contributed by atoms with Crippen molar-refractivity contribution in [3.63, 3.8) is 0 Å². The van der Waals surface area contributed by atoms with Gasteiger partial charge >= 0.3 is 0 Å². The highest BCUT2D eigenvalue weighted by Gasteiger charge is 2.24. The number of thioether (sulfide) groups is 1. The second-order valence-electron chi connectivity index (χ2n) is 3.92. The van der Waals surface area contributed by atoms with Gasteiger partial charge < -0.3 is 15.4 Å². The SMILES string of the molecule is COCCCC(N)C1CSCCN1C. The minimum Gasteiger partial charge on any atom is -0.385 e. The fourth-order valence-electron chi connectivity index (χ4n) is 1.81. The van der Waals surface area contributed by atoms with Gasteiger partial charge in [0.05, 0.1) is 0 Å². The zero-order valence-electron chi connectivity index (χ0n) is 9.24. The summed E-state index contributed by atoms with van der Waals surface area (Å²) in [4.78, 5) is 2.40. The molecular formula is C10H22N2OS. The Kier molecular flexibility index (Phi) is 5.86. The van der Waals surface area contributed by atoms with Crippen LogP contribution in [0.2, 0.25) is 0 Å². The van der Waals surface area contributed by atoms with Crippen LogP contribution in [-0.4, -0.2) is 55.8 Å². The van der Waals surface area contributed by atoms with Crippen molar-refractivity contribution >= 4 is 11.8 Å². The summed E-state index contributed by atoms with van der Waals surface area (Å²) in [7, 11) is 3.93. The van der Waals surface area contributed by atoms with Crippen molar-refractivity contribution in [3.8, 4) is 0 Å². The van der Waals surface area contributed by atoms with Crippen LogP contribution in [0.3, 0.4) is 0 Å². The highest BCUT2D eigenvalue weighted by molar-refractivity contribution is 7.99. The van der Waals surface area contributed by atoms with E-state index in [4.69, 9.17) is 10.5 Å². The Bertz CT molecular complexity index is 157. The van der Waals surface area contributed by atoms with Gasteiger partial charge in [-0.1, -0.05) is 0 Å². The number of nitrogens with two attached hydrogens (primary N) is 1. The molecule has 1 saturated heterocycles. The van der Waals surface area contributed by atoms with Gasteiger partial charge in [-0.25, -0.2) is 0 Å². The Hall–Kier alpha value is 0.230. The van der Waals surface area contributed by atoms with Gasteiger partial charge in [-0.05, 0) is 19.9 Å². The molecule has 2 atom stereocenters. The fourth-order valence-corrected chi connectivity index (χ4v) is 3.14. The first-order valence-electron chi connectivity index (χ1n) is 5.28. The lowest BCUT2D eigenvalue weighted by atomic mass is 10.0. The number of rotatable bonds is 5. The van der Waals surface area contributed by atoms with Crippen molar-refractivity contribution in [1.29, 1.82) is 0 Å². The third-order valence-electron chi connectivity index (χ3n) is 2.82. The third-order valence-corrected chi connectivity index (χ3v) is 3.87. The van der Waals surface area contributed by atoms with Crippen molar-refractivity contribution in [1.82, 2.24) is 4.90 Å². The first-order chi connectivity index (χ1) is 6.75. The van der Waals surface area contributed by atoms with Crippen LogP contribution >= 0.6 is 11.8 Å². The molecule has 0 radical (unpaired) electrons. The molecule has 0 bridgehead atoms. The Morgan fingerprint density at radius 1 is 1.64 bits per heavy atom. The highest BCUT2D eigenvalue weighted by atomic mass is 32.2. The standard InChI is InChI=1S/C10H22N2OS/c1-12-5-7-14-8-10(12)9(11)4-3-6-13-2/h9-10H,3-8,11H2,1-2H3. The lowest BCUT2D eigenvalue weighted by Crippen LogP contribution is -2.50. The zero-order valence-corrected chi connectivity index (χ0v) is 10.1. The van der Waals surface area contributed by atoms with E-state index in [1.807, 2.05) is 11.8 Å². The molecular weight excluding hydrogens is 196 g/mol. The maximum Gasteiger partial charge on any atom is 0.0462 e. The second kappa shape index (κ2) is 6.67. The smallest absolute Gasteiger partial charge is 0.0462 e. The molecule has 2 N–H and O–H groups in total. The van der Waals surface area contributed by atoms with E-state index in [0.717, 1.165) is 19.4 Å². The van der Waals surface area contributed by atoms with Crippen LogP contribution in [0, 0.1) is 0 Å². The summed E-state index contributed by atoms with van der Waals surface area (Å²) in [5, 5.41) is 0. The maximum absolute atomic E-state index is 6.17. The van der Waals surface area contributed by atoms with E-state index in [-0.39, 0.29) is 0 Å². The second-order valence-corrected chi connectivity index (χ2v) is 5.07. The number of hydrogen-bond acceptors (Lipinski definition) is 4. The van der Waals surface area contributed by atoms with Crippen LogP contribution in [0.5, 0.6) is 0 Å². The summed E-state index contributed by atoms with van der Waals surface area (Å²) >= 11 is 2.02. The predicted molar refractivity (Wildman–Crippen MR) is 62.8 cm³/mol. The molecule has 1 aliphatic heterocycles. The largest absolute Gasteiger partial charge is 0.385 e. The van der Waals surface area contributed by atoms with Crippen LogP contribution in [-0.2, 0) is 4.74 Å². The molecule has 2 unspecified atom stereocenters. The minimum absolute atomic E-state index is 0.308. The molecule has 1 fully saturated rings. The van der Waals surface area contributed by atoms with Crippen LogP contribution in [0.25, 0.3) is 0 Å². The minimum atomic E-state index is 0.308. The topological polar surface area (TPSA) is 38.5 Å². The van der Waals surface area contributed by atoms with Crippen LogP contribution in [0.1, 0.15) is 12.8 Å². The summed E-state index contributed by atoms with van der Waals surface area (Å²) < 4.78 is 5.03. The van der Waals surface area contributed by atoms with Gasteiger partial charge in [0.15, 0.2) is 0 Å². The van der Waals surface area contributed by atoms with Gasteiger partial charge in [-0.15, -0.1) is 0 Å². The Labute approximate surface area is 91.4 Å². The lowest BCUT2D eigenvalue weighted by Gasteiger charge is -2.36. The van der Waals surface area contributed by atoms with Gasteiger partial charge in [-0.3, -0.25) is 0 Å². The van der Waals surface area contributed by atoms with Crippen LogP contribution in [0.15, 0.2) is 0 Å². The Morgan fingerprint density at radius 2 is 2.43 bits per heavy atom. The molecule has 1 heterocycles. The predicted octanol–water partition coefficient (Wildman–Crippen LogP) is 0.788. The van der Waals surface area contributed by atoms with Crippen molar-refractivity contribution in [2.45, 2.75) is 24.9 Å². The summed E-state index contributed by atoms with van der Waals surface area (Å²) in [5.74, 6) is 2.43. The van der Waals surface area contributed by atoms with Gasteiger partial charge in [0.25, 0.3) is 0 Å². The van der Waals surface area contributed by atoms with E-state index in [1.54, 1.807) is 7.11 Å². The Balaban J connectivity index is 2.23. The van der Waals surface area contributed by atoms with Gasteiger partial charge in [0, 0.05) is 43.9 Å². The zero-order chi connectivity index (χ0) is 10.4. The van der Waals surface area contributed by atoms with Crippen molar-refractivity contribution < 1.29 is 4.74 Å². The number of nitrogens with zero attached hydrogens (tertiary/aromatic N) is 1. The van der Waals surface area contributed by atoms with E-state index in [0.29, 0.717) is 12.1 Å². The van der Waals surface area contributed by atoms with Crippen molar-refractivity contribution in [2.24, 2.45) is 5.73 Å². The number of likely N-dealkylation sites (N-methyl/N-ethyl adjacent to an activating group) is 1. The molecule has 0 spiro atoms. The van der Waals surface area contributed by atoms with E-state index < -0.39 is 0 Å². The van der Waals surface area contributed by atoms with E-state index >= 15 is 0 Å². The molecule has 1 rings (SSSR count). The highest BCUT2D eigenvalue weighted by Crippen LogP contribution is 2.18. The summed E-state index contributed by atoms with van der Waals surface area (Å²) in [6.07, 6.45) is 2.15. The summed E-state index contributed by atoms with van der Waals surface area (Å²) in [6.45, 7) is 2.00. The molecule has 0 amide bonds. The van der Waals surface area contributed by atoms with E-state index in [1.165, 1.54) is 18.1 Å². The van der Waals surface area contributed by atoms with E-state index in [2.05, 4.69) is 11.9 Å². The molecule has 4 heteroatoms. The molecule has 3 nitrogen and oxygen atoms in total. The average Bonchev–Trinajstić information content (AvgIpc) is 2.18. The van der Waals surface area contributed by atoms with Crippen LogP contribution in [0.4, 0.5) is 0 Å². The molecule has 0 aromatic rings. The molecule has 0 saturated carbocycles. The monoisotopic (exact) mass is 218 g/mol. The number of methoxy groups -OCH3 is 1. The molecule has 84 valence electrons. The molecule has 0 aromatic carbocycles. The normalized spacial score (nSPS) is 26.4. The van der Waals surface area contributed by atoms with Gasteiger partial charge in [0.2, 0.25) is 0 Å². The maximum atomic E-state index is 6.17. The summed E-state index contributed by atoms with van der Waals surface area (Å²) in [6, 6.07) is 0.869. The number of ether oxygens (including phenoxy) is 1. The van der Waals surface area contributed by atoms with Gasteiger partial charge in [0.1, 0.15) is 0 Å². The quantitative estimate of drug-likeness (QED) is 0.692. The Morgan fingerprint density at radius 3 is 3.07 bits per heavy atom. The van der Waals surface area contributed by atoms with Gasteiger partial charge in [-0.2, -0.15) is 11.8 Å². The lowest BCUT2D eigenvalue weighted by molar-refractivity contribution is 0.178. The summed E-state index contributed by atoms with van der Waals surface area (Å²) in [5.41, 5.74) is 6.17.